The number of nitrogens with zero attached hydrogens (tertiary/aromatic N) is 1. The molecule has 1 atom stereocenters. The summed E-state index contributed by atoms with van der Waals surface area (Å²) >= 11 is 12.3. The first-order chi connectivity index (χ1) is 13.9. The third-order valence-corrected chi connectivity index (χ3v) is 6.06. The van der Waals surface area contributed by atoms with Gasteiger partial charge < -0.3 is 20.5 Å². The van der Waals surface area contributed by atoms with Gasteiger partial charge in [-0.2, -0.15) is 0 Å². The number of rotatable bonds is 6. The summed E-state index contributed by atoms with van der Waals surface area (Å²) in [6.45, 7) is 4.01. The number of halogens is 3. The smallest absolute Gasteiger partial charge is 0.189 e. The van der Waals surface area contributed by atoms with Crippen molar-refractivity contribution in [3.05, 3.63) is 63.6 Å². The van der Waals surface area contributed by atoms with Gasteiger partial charge in [0, 0.05) is 28.7 Å². The quantitative estimate of drug-likeness (QED) is 0.283. The Hall–Kier alpha value is -1.22. The van der Waals surface area contributed by atoms with Gasteiger partial charge >= 0.3 is 0 Å². The van der Waals surface area contributed by atoms with Crippen molar-refractivity contribution in [3.8, 4) is 5.75 Å². The molecule has 1 unspecified atom stereocenters. The Labute approximate surface area is 205 Å². The van der Waals surface area contributed by atoms with Gasteiger partial charge in [-0.1, -0.05) is 41.4 Å². The zero-order chi connectivity index (χ0) is 20.9. The largest absolute Gasteiger partial charge is 0.497 e. The Morgan fingerprint density at radius 1 is 1.20 bits per heavy atom. The van der Waals surface area contributed by atoms with Crippen LogP contribution in [0.25, 0.3) is 0 Å². The minimum Gasteiger partial charge on any atom is -0.497 e. The molecule has 1 heterocycles. The van der Waals surface area contributed by atoms with Gasteiger partial charge in [-0.25, -0.2) is 0 Å². The minimum absolute atomic E-state index is 0. The van der Waals surface area contributed by atoms with Gasteiger partial charge in [0.2, 0.25) is 0 Å². The van der Waals surface area contributed by atoms with Crippen LogP contribution < -0.4 is 15.8 Å². The first-order valence-electron chi connectivity index (χ1n) is 9.67. The number of hydrogen-bond acceptors (Lipinski definition) is 3. The number of hydrogen-bond donors (Lipinski definition) is 2. The Morgan fingerprint density at radius 2 is 1.87 bits per heavy atom. The molecule has 5 nitrogen and oxygen atoms in total. The Bertz CT molecular complexity index is 856. The first-order valence-corrected chi connectivity index (χ1v) is 10.4. The molecule has 1 aliphatic rings. The molecule has 0 aromatic heterocycles. The van der Waals surface area contributed by atoms with E-state index in [-0.39, 0.29) is 35.4 Å². The van der Waals surface area contributed by atoms with Crippen LogP contribution in [0.3, 0.4) is 0 Å². The molecule has 2 aromatic rings. The highest BCUT2D eigenvalue weighted by molar-refractivity contribution is 14.0. The van der Waals surface area contributed by atoms with Gasteiger partial charge in [0.25, 0.3) is 0 Å². The third-order valence-electron chi connectivity index (χ3n) is 5.50. The average Bonchev–Trinajstić information content (AvgIpc) is 2.73. The molecule has 3 rings (SSSR count). The highest BCUT2D eigenvalue weighted by Crippen LogP contribution is 2.36. The summed E-state index contributed by atoms with van der Waals surface area (Å²) in [4.78, 5) is 4.68. The van der Waals surface area contributed by atoms with E-state index in [1.165, 1.54) is 5.56 Å². The van der Waals surface area contributed by atoms with Crippen molar-refractivity contribution in [2.45, 2.75) is 31.2 Å². The molecule has 1 aliphatic heterocycles. The second kappa shape index (κ2) is 11.4. The van der Waals surface area contributed by atoms with Crippen LogP contribution >= 0.6 is 47.2 Å². The van der Waals surface area contributed by atoms with Crippen molar-refractivity contribution >= 4 is 53.1 Å². The number of ether oxygens (including phenoxy) is 2. The molecular weight excluding hydrogens is 536 g/mol. The lowest BCUT2D eigenvalue weighted by atomic mass is 9.74. The van der Waals surface area contributed by atoms with Crippen molar-refractivity contribution < 1.29 is 9.47 Å². The zero-order valence-corrected chi connectivity index (χ0v) is 21.0. The van der Waals surface area contributed by atoms with Crippen molar-refractivity contribution in [2.75, 3.05) is 26.9 Å². The number of aliphatic imine (C=N–C) groups is 1. The second-order valence-electron chi connectivity index (χ2n) is 7.35. The Balaban J connectivity index is 0.00000320. The van der Waals surface area contributed by atoms with E-state index in [0.29, 0.717) is 35.8 Å². The van der Waals surface area contributed by atoms with E-state index >= 15 is 0 Å². The fourth-order valence-corrected chi connectivity index (χ4v) is 4.25. The third kappa shape index (κ3) is 6.15. The van der Waals surface area contributed by atoms with Gasteiger partial charge in [-0.15, -0.1) is 24.0 Å². The van der Waals surface area contributed by atoms with Gasteiger partial charge in [0.05, 0.1) is 19.7 Å². The summed E-state index contributed by atoms with van der Waals surface area (Å²) in [6, 6.07) is 13.5. The lowest BCUT2D eigenvalue weighted by Gasteiger charge is -2.36. The molecule has 0 aliphatic carbocycles. The van der Waals surface area contributed by atoms with E-state index in [1.807, 2.05) is 31.2 Å². The molecule has 1 saturated heterocycles. The molecule has 0 spiro atoms. The minimum atomic E-state index is -0.0992. The number of nitrogens with one attached hydrogen (secondary N) is 1. The second-order valence-corrected chi connectivity index (χ2v) is 8.20. The maximum Gasteiger partial charge on any atom is 0.189 e. The van der Waals surface area contributed by atoms with Crippen molar-refractivity contribution in [1.82, 2.24) is 5.32 Å². The van der Waals surface area contributed by atoms with E-state index < -0.39 is 0 Å². The zero-order valence-electron chi connectivity index (χ0n) is 17.2. The number of nitrogens with two attached hydrogens (primary N) is 1. The Morgan fingerprint density at radius 3 is 2.47 bits per heavy atom. The van der Waals surface area contributed by atoms with E-state index in [4.69, 9.17) is 38.4 Å². The molecule has 0 saturated carbocycles. The first kappa shape index (κ1) is 25.0. The van der Waals surface area contributed by atoms with Crippen molar-refractivity contribution in [1.29, 1.82) is 0 Å². The van der Waals surface area contributed by atoms with E-state index in [0.717, 1.165) is 24.2 Å². The predicted molar refractivity (Wildman–Crippen MR) is 135 cm³/mol. The van der Waals surface area contributed by atoms with Crippen LogP contribution in [0.15, 0.2) is 47.5 Å². The molecular formula is C22H28Cl2IN3O2. The normalized spacial score (nSPS) is 17.0. The predicted octanol–water partition coefficient (Wildman–Crippen LogP) is 5.33. The molecule has 0 amide bonds. The standard InChI is InChI=1S/C22H27Cl2N3O2.HI/c1-15(19-8-5-17(23)13-20(19)24)27-21(25)26-14-22(9-11-29-12-10-22)16-3-6-18(28-2)7-4-16;/h3-8,13,15H,9-12,14H2,1-2H3,(H3,25,26,27);1H. The van der Waals surface area contributed by atoms with Gasteiger partial charge in [0.1, 0.15) is 5.75 Å². The maximum absolute atomic E-state index is 6.30. The topological polar surface area (TPSA) is 68.9 Å². The molecule has 8 heteroatoms. The van der Waals surface area contributed by atoms with Crippen molar-refractivity contribution in [3.63, 3.8) is 0 Å². The summed E-state index contributed by atoms with van der Waals surface area (Å²) in [5.74, 6) is 1.23. The monoisotopic (exact) mass is 563 g/mol. The molecule has 2 aromatic carbocycles. The molecule has 0 bridgehead atoms. The Kier molecular flexibility index (Phi) is 9.53. The van der Waals surface area contributed by atoms with Crippen LogP contribution in [-0.4, -0.2) is 32.8 Å². The SMILES string of the molecule is COc1ccc(C2(CN=C(N)NC(C)c3ccc(Cl)cc3Cl)CCOCC2)cc1.I. The van der Waals surface area contributed by atoms with Gasteiger partial charge in [-0.05, 0) is 55.2 Å². The number of methoxy groups -OCH3 is 1. The fraction of sp³-hybridized carbons (Fsp3) is 0.409. The number of benzene rings is 2. The van der Waals surface area contributed by atoms with Crippen LogP contribution in [0.4, 0.5) is 0 Å². The summed E-state index contributed by atoms with van der Waals surface area (Å²) in [5, 5.41) is 4.44. The molecule has 1 fully saturated rings. The van der Waals surface area contributed by atoms with Gasteiger partial charge in [-0.3, -0.25) is 4.99 Å². The van der Waals surface area contributed by atoms with Crippen LogP contribution in [0.2, 0.25) is 10.0 Å². The maximum atomic E-state index is 6.30. The van der Waals surface area contributed by atoms with Gasteiger partial charge in [0.15, 0.2) is 5.96 Å². The highest BCUT2D eigenvalue weighted by Gasteiger charge is 2.34. The molecule has 3 N–H and O–H groups in total. The molecule has 164 valence electrons. The van der Waals surface area contributed by atoms with Crippen LogP contribution in [0.1, 0.15) is 36.9 Å². The van der Waals surface area contributed by atoms with Crippen LogP contribution in [-0.2, 0) is 10.2 Å². The average molecular weight is 564 g/mol. The van der Waals surface area contributed by atoms with Crippen LogP contribution in [0.5, 0.6) is 5.75 Å². The molecule has 0 radical (unpaired) electrons. The number of guanidine groups is 1. The summed E-state index contributed by atoms with van der Waals surface area (Å²) in [7, 11) is 1.67. The van der Waals surface area contributed by atoms with E-state index in [9.17, 15) is 0 Å². The fourth-order valence-electron chi connectivity index (χ4n) is 3.68. The van der Waals surface area contributed by atoms with Crippen molar-refractivity contribution in [2.24, 2.45) is 10.7 Å². The summed E-state index contributed by atoms with van der Waals surface area (Å²) in [5.41, 5.74) is 8.26. The lowest BCUT2D eigenvalue weighted by Crippen LogP contribution is -2.39. The lowest BCUT2D eigenvalue weighted by molar-refractivity contribution is 0.0531. The van der Waals surface area contributed by atoms with Crippen LogP contribution in [0, 0.1) is 0 Å². The van der Waals surface area contributed by atoms with E-state index in [2.05, 4.69) is 22.4 Å². The van der Waals surface area contributed by atoms with E-state index in [1.54, 1.807) is 13.2 Å². The molecule has 30 heavy (non-hydrogen) atoms. The highest BCUT2D eigenvalue weighted by atomic mass is 127. The summed E-state index contributed by atoms with van der Waals surface area (Å²) < 4.78 is 10.9. The summed E-state index contributed by atoms with van der Waals surface area (Å²) in [6.07, 6.45) is 1.79.